The molecule has 0 unspecified atom stereocenters. The second-order valence-corrected chi connectivity index (χ2v) is 2.62. The molecule has 0 aliphatic heterocycles. The predicted molar refractivity (Wildman–Crippen MR) is 46.6 cm³/mol. The van der Waals surface area contributed by atoms with E-state index in [0.717, 1.165) is 0 Å². The second kappa shape index (κ2) is 8.45. The van der Waals surface area contributed by atoms with Crippen LogP contribution in [-0.4, -0.2) is 35.4 Å². The Morgan fingerprint density at radius 1 is 1.50 bits per heavy atom. The van der Waals surface area contributed by atoms with Crippen LogP contribution < -0.4 is 11.5 Å². The van der Waals surface area contributed by atoms with Gasteiger partial charge >= 0.3 is 5.97 Å². The van der Waals surface area contributed by atoms with Crippen molar-refractivity contribution in [1.82, 2.24) is 0 Å². The van der Waals surface area contributed by atoms with Crippen molar-refractivity contribution in [2.45, 2.75) is 19.9 Å². The first kappa shape index (κ1) is 13.9. The Morgan fingerprint density at radius 2 is 1.83 bits per heavy atom. The van der Waals surface area contributed by atoms with Crippen LogP contribution in [0.15, 0.2) is 0 Å². The van der Waals surface area contributed by atoms with Gasteiger partial charge in [0.1, 0.15) is 6.04 Å². The maximum atomic E-state index is 10.0. The van der Waals surface area contributed by atoms with Crippen LogP contribution in [0.4, 0.5) is 0 Å². The van der Waals surface area contributed by atoms with E-state index in [2.05, 4.69) is 0 Å². The Bertz CT molecular complexity index is 115. The minimum absolute atomic E-state index is 0.0208. The normalized spacial score (nSPS) is 11.8. The first-order valence-corrected chi connectivity index (χ1v) is 3.76. The Morgan fingerprint density at radius 3 is 1.83 bits per heavy atom. The molecule has 0 aromatic heterocycles. The number of aliphatic hydroxyl groups is 1. The number of aliphatic hydroxyl groups excluding tert-OH is 1. The minimum Gasteiger partial charge on any atom is -0.480 e. The van der Waals surface area contributed by atoms with Crippen LogP contribution in [0.3, 0.4) is 0 Å². The van der Waals surface area contributed by atoms with Gasteiger partial charge in [-0.25, -0.2) is 0 Å². The number of aliphatic carboxylic acids is 1. The van der Waals surface area contributed by atoms with Crippen molar-refractivity contribution in [2.24, 2.45) is 17.4 Å². The van der Waals surface area contributed by atoms with E-state index in [9.17, 15) is 4.79 Å². The second-order valence-electron chi connectivity index (χ2n) is 2.62. The van der Waals surface area contributed by atoms with E-state index in [4.69, 9.17) is 21.7 Å². The van der Waals surface area contributed by atoms with Gasteiger partial charge < -0.3 is 21.7 Å². The molecule has 0 heterocycles. The zero-order valence-corrected chi connectivity index (χ0v) is 7.53. The molecule has 6 N–H and O–H groups in total. The fourth-order valence-electron chi connectivity index (χ4n) is 0.285. The number of carboxylic acid groups (broad SMARTS) is 1. The largest absolute Gasteiger partial charge is 0.480 e. The molecule has 0 amide bonds. The lowest BCUT2D eigenvalue weighted by Crippen LogP contribution is -2.34. The van der Waals surface area contributed by atoms with Crippen molar-refractivity contribution in [3.63, 3.8) is 0 Å². The molecule has 5 nitrogen and oxygen atoms in total. The third kappa shape index (κ3) is 9.35. The summed E-state index contributed by atoms with van der Waals surface area (Å²) in [6.45, 7) is 4.03. The van der Waals surface area contributed by atoms with E-state index < -0.39 is 12.0 Å². The summed E-state index contributed by atoms with van der Waals surface area (Å²) in [6, 6.07) is -0.713. The van der Waals surface area contributed by atoms with Crippen molar-refractivity contribution in [2.75, 3.05) is 13.2 Å². The monoisotopic (exact) mass is 178 g/mol. The van der Waals surface area contributed by atoms with E-state index in [1.165, 1.54) is 0 Å². The number of carbonyl (C=O) groups is 1. The first-order chi connectivity index (χ1) is 5.47. The van der Waals surface area contributed by atoms with Gasteiger partial charge in [-0.2, -0.15) is 0 Å². The SMILES string of the molecule is CC(C)[C@@H](N)C(=O)O.NCCO. The maximum absolute atomic E-state index is 10.0. The highest BCUT2D eigenvalue weighted by atomic mass is 16.4. The quantitative estimate of drug-likeness (QED) is 0.443. The molecule has 74 valence electrons. The Hall–Kier alpha value is -0.650. The molecule has 0 aromatic rings. The third-order valence-electron chi connectivity index (χ3n) is 1.13. The standard InChI is InChI=1S/C5H11NO2.C2H7NO/c1-3(2)4(6)5(7)8;3-1-2-4/h3-4H,6H2,1-2H3,(H,7,8);4H,1-3H2/t4-;/m1./s1. The fourth-order valence-corrected chi connectivity index (χ4v) is 0.285. The molecule has 0 aliphatic rings. The Labute approximate surface area is 72.4 Å². The summed E-state index contributed by atoms with van der Waals surface area (Å²) in [4.78, 5) is 10.0. The molecule has 0 saturated carbocycles. The average Bonchev–Trinajstić information content (AvgIpc) is 2.03. The van der Waals surface area contributed by atoms with Gasteiger partial charge in [-0.1, -0.05) is 13.8 Å². The number of hydrogen-bond donors (Lipinski definition) is 4. The molecule has 0 aromatic carbocycles. The van der Waals surface area contributed by atoms with E-state index in [1.54, 1.807) is 13.8 Å². The van der Waals surface area contributed by atoms with E-state index in [1.807, 2.05) is 0 Å². The summed E-state index contributed by atoms with van der Waals surface area (Å²) in [6.07, 6.45) is 0. The highest BCUT2D eigenvalue weighted by Gasteiger charge is 2.14. The van der Waals surface area contributed by atoms with Crippen LogP contribution >= 0.6 is 0 Å². The topological polar surface area (TPSA) is 110 Å². The Kier molecular flexibility index (Phi) is 9.79. The molecule has 0 fully saturated rings. The summed E-state index contributed by atoms with van der Waals surface area (Å²) in [5.74, 6) is -0.910. The van der Waals surface area contributed by atoms with Gasteiger partial charge in [-0.05, 0) is 5.92 Å². The van der Waals surface area contributed by atoms with Gasteiger partial charge in [0.2, 0.25) is 0 Å². The number of carboxylic acids is 1. The first-order valence-electron chi connectivity index (χ1n) is 3.76. The zero-order valence-electron chi connectivity index (χ0n) is 7.53. The molecule has 0 saturated heterocycles. The van der Waals surface area contributed by atoms with Crippen LogP contribution in [-0.2, 0) is 4.79 Å². The summed E-state index contributed by atoms with van der Waals surface area (Å²) in [5.41, 5.74) is 9.94. The minimum atomic E-state index is -0.931. The smallest absolute Gasteiger partial charge is 0.320 e. The van der Waals surface area contributed by atoms with Gasteiger partial charge in [-0.15, -0.1) is 0 Å². The summed E-state index contributed by atoms with van der Waals surface area (Å²) in [5, 5.41) is 16.0. The number of rotatable bonds is 3. The lowest BCUT2D eigenvalue weighted by molar-refractivity contribution is -0.139. The van der Waals surface area contributed by atoms with Gasteiger partial charge in [0.15, 0.2) is 0 Å². The predicted octanol–water partition coefficient (Wildman–Crippen LogP) is -1.01. The van der Waals surface area contributed by atoms with Crippen molar-refractivity contribution in [3.8, 4) is 0 Å². The summed E-state index contributed by atoms with van der Waals surface area (Å²) >= 11 is 0. The summed E-state index contributed by atoms with van der Waals surface area (Å²) < 4.78 is 0. The van der Waals surface area contributed by atoms with E-state index in [-0.39, 0.29) is 12.5 Å². The molecule has 12 heavy (non-hydrogen) atoms. The van der Waals surface area contributed by atoms with Crippen LogP contribution in [0.2, 0.25) is 0 Å². The van der Waals surface area contributed by atoms with Gasteiger partial charge in [0.05, 0.1) is 6.61 Å². The molecule has 1 atom stereocenters. The van der Waals surface area contributed by atoms with Crippen molar-refractivity contribution >= 4 is 5.97 Å². The molecule has 0 aliphatic carbocycles. The van der Waals surface area contributed by atoms with Crippen molar-refractivity contribution in [3.05, 3.63) is 0 Å². The van der Waals surface area contributed by atoms with Crippen LogP contribution in [0.5, 0.6) is 0 Å². The number of nitrogens with two attached hydrogens (primary N) is 2. The van der Waals surface area contributed by atoms with Crippen LogP contribution in [0.1, 0.15) is 13.8 Å². The van der Waals surface area contributed by atoms with Gasteiger partial charge in [0.25, 0.3) is 0 Å². The molecule has 0 rings (SSSR count). The third-order valence-corrected chi connectivity index (χ3v) is 1.13. The van der Waals surface area contributed by atoms with E-state index in [0.29, 0.717) is 6.54 Å². The summed E-state index contributed by atoms with van der Waals surface area (Å²) in [7, 11) is 0. The van der Waals surface area contributed by atoms with Gasteiger partial charge in [0, 0.05) is 6.54 Å². The highest BCUT2D eigenvalue weighted by molar-refractivity contribution is 5.73. The molecular weight excluding hydrogens is 160 g/mol. The van der Waals surface area contributed by atoms with Crippen molar-refractivity contribution in [1.29, 1.82) is 0 Å². The molecule has 0 bridgehead atoms. The van der Waals surface area contributed by atoms with Gasteiger partial charge in [-0.3, -0.25) is 4.79 Å². The molecule has 0 spiro atoms. The van der Waals surface area contributed by atoms with Crippen molar-refractivity contribution < 1.29 is 15.0 Å². The average molecular weight is 178 g/mol. The van der Waals surface area contributed by atoms with Crippen LogP contribution in [0.25, 0.3) is 0 Å². The number of hydrogen-bond acceptors (Lipinski definition) is 4. The fraction of sp³-hybridized carbons (Fsp3) is 0.857. The Balaban J connectivity index is 0. The molecule has 0 radical (unpaired) electrons. The highest BCUT2D eigenvalue weighted by Crippen LogP contribution is 1.96. The van der Waals surface area contributed by atoms with E-state index >= 15 is 0 Å². The lowest BCUT2D eigenvalue weighted by Gasteiger charge is -2.07. The maximum Gasteiger partial charge on any atom is 0.320 e. The lowest BCUT2D eigenvalue weighted by atomic mass is 10.1. The van der Waals surface area contributed by atoms with Crippen LogP contribution in [0, 0.1) is 5.92 Å². The zero-order chi connectivity index (χ0) is 10.1. The molecular formula is C7H18N2O3. The molecule has 5 heteroatoms.